The van der Waals surface area contributed by atoms with E-state index in [1.54, 1.807) is 18.2 Å². The molecule has 136 valence electrons. The van der Waals surface area contributed by atoms with E-state index in [-0.39, 0.29) is 17.6 Å². The summed E-state index contributed by atoms with van der Waals surface area (Å²) in [6, 6.07) is 20.5. The third-order valence-electron chi connectivity index (χ3n) is 3.71. The number of hydrogen-bond donors (Lipinski definition) is 3. The monoisotopic (exact) mass is 378 g/mol. The number of amides is 1. The quantitative estimate of drug-likeness (QED) is 0.463. The van der Waals surface area contributed by atoms with Crippen LogP contribution in [0.4, 0.5) is 5.69 Å². The molecule has 0 unspecified atom stereocenters. The molecule has 0 aliphatic rings. The van der Waals surface area contributed by atoms with Gasteiger partial charge in [0.25, 0.3) is 0 Å². The standard InChI is InChI=1S/C21H18N2O3S/c24-14-18-11-12-19(26-18)16-7-9-17(10-8-16)22-21(27)23-20(25)13-6-15-4-2-1-3-5-15/h1-13,24H,14H2,(H2,22,23,25,27). The Kier molecular flexibility index (Phi) is 6.14. The minimum absolute atomic E-state index is 0.133. The number of thiocarbonyl (C=S) groups is 1. The Balaban J connectivity index is 1.54. The van der Waals surface area contributed by atoms with E-state index >= 15 is 0 Å². The average molecular weight is 378 g/mol. The van der Waals surface area contributed by atoms with Crippen LogP contribution >= 0.6 is 12.2 Å². The molecule has 0 fully saturated rings. The van der Waals surface area contributed by atoms with Crippen molar-refractivity contribution in [3.05, 3.63) is 84.1 Å². The summed E-state index contributed by atoms with van der Waals surface area (Å²) in [5.41, 5.74) is 2.55. The zero-order valence-electron chi connectivity index (χ0n) is 14.4. The van der Waals surface area contributed by atoms with Gasteiger partial charge in [-0.15, -0.1) is 0 Å². The number of anilines is 1. The van der Waals surface area contributed by atoms with E-state index in [1.165, 1.54) is 6.08 Å². The molecular weight excluding hydrogens is 360 g/mol. The van der Waals surface area contributed by atoms with E-state index in [0.717, 1.165) is 16.8 Å². The maximum absolute atomic E-state index is 11.9. The van der Waals surface area contributed by atoms with Crippen molar-refractivity contribution in [2.24, 2.45) is 0 Å². The summed E-state index contributed by atoms with van der Waals surface area (Å²) in [5, 5.41) is 14.8. The van der Waals surface area contributed by atoms with Crippen LogP contribution in [-0.2, 0) is 11.4 Å². The van der Waals surface area contributed by atoms with E-state index in [0.29, 0.717) is 11.5 Å². The summed E-state index contributed by atoms with van der Waals surface area (Å²) >= 11 is 5.17. The molecule has 0 saturated heterocycles. The summed E-state index contributed by atoms with van der Waals surface area (Å²) in [7, 11) is 0. The van der Waals surface area contributed by atoms with E-state index in [9.17, 15) is 4.79 Å². The van der Waals surface area contributed by atoms with Crippen LogP contribution in [0.25, 0.3) is 17.4 Å². The molecule has 0 aliphatic carbocycles. The lowest BCUT2D eigenvalue weighted by atomic mass is 10.1. The fourth-order valence-corrected chi connectivity index (χ4v) is 2.61. The zero-order chi connectivity index (χ0) is 19.1. The van der Waals surface area contributed by atoms with Gasteiger partial charge in [0.2, 0.25) is 5.91 Å². The number of benzene rings is 2. The van der Waals surface area contributed by atoms with Crippen LogP contribution in [0.15, 0.2) is 77.2 Å². The van der Waals surface area contributed by atoms with Crippen molar-refractivity contribution in [1.29, 1.82) is 0 Å². The average Bonchev–Trinajstić information content (AvgIpc) is 3.17. The van der Waals surface area contributed by atoms with Gasteiger partial charge >= 0.3 is 0 Å². The number of hydrogen-bond acceptors (Lipinski definition) is 4. The first-order chi connectivity index (χ1) is 13.1. The van der Waals surface area contributed by atoms with Crippen molar-refractivity contribution in [1.82, 2.24) is 5.32 Å². The molecule has 3 aromatic rings. The van der Waals surface area contributed by atoms with E-state index in [4.69, 9.17) is 21.7 Å². The van der Waals surface area contributed by atoms with Crippen LogP contribution in [0.3, 0.4) is 0 Å². The molecule has 3 rings (SSSR count). The fraction of sp³-hybridized carbons (Fsp3) is 0.0476. The van der Waals surface area contributed by atoms with Crippen LogP contribution in [0, 0.1) is 0 Å². The van der Waals surface area contributed by atoms with Gasteiger partial charge in [-0.3, -0.25) is 10.1 Å². The Morgan fingerprint density at radius 3 is 2.44 bits per heavy atom. The van der Waals surface area contributed by atoms with Gasteiger partial charge in [0.15, 0.2) is 5.11 Å². The maximum Gasteiger partial charge on any atom is 0.250 e. The molecule has 3 N–H and O–H groups in total. The van der Waals surface area contributed by atoms with Gasteiger partial charge in [0.05, 0.1) is 0 Å². The Bertz CT molecular complexity index is 947. The molecular formula is C21H18N2O3S. The first-order valence-corrected chi connectivity index (χ1v) is 8.70. The van der Waals surface area contributed by atoms with Gasteiger partial charge in [-0.1, -0.05) is 30.3 Å². The molecule has 0 aliphatic heterocycles. The molecule has 2 aromatic carbocycles. The van der Waals surface area contributed by atoms with Crippen molar-refractivity contribution in [2.45, 2.75) is 6.61 Å². The summed E-state index contributed by atoms with van der Waals surface area (Å²) < 4.78 is 5.50. The second kappa shape index (κ2) is 8.93. The molecule has 1 heterocycles. The Morgan fingerprint density at radius 2 is 1.78 bits per heavy atom. The lowest BCUT2D eigenvalue weighted by Crippen LogP contribution is -2.32. The van der Waals surface area contributed by atoms with Crippen molar-refractivity contribution >= 4 is 35.0 Å². The van der Waals surface area contributed by atoms with E-state index in [2.05, 4.69) is 10.6 Å². The van der Waals surface area contributed by atoms with Crippen molar-refractivity contribution < 1.29 is 14.3 Å². The Labute approximate surface area is 162 Å². The predicted octanol–water partition coefficient (Wildman–Crippen LogP) is 3.97. The van der Waals surface area contributed by atoms with Crippen LogP contribution in [0.2, 0.25) is 0 Å². The Hall–Kier alpha value is -3.22. The SMILES string of the molecule is O=C(C=Cc1ccccc1)NC(=S)Nc1ccc(-c2ccc(CO)o2)cc1. The third kappa shape index (κ3) is 5.37. The number of nitrogens with one attached hydrogen (secondary N) is 2. The van der Waals surface area contributed by atoms with Crippen LogP contribution in [0.5, 0.6) is 0 Å². The highest BCUT2D eigenvalue weighted by molar-refractivity contribution is 7.80. The number of aliphatic hydroxyl groups is 1. The molecule has 1 aromatic heterocycles. The summed E-state index contributed by atoms with van der Waals surface area (Å²) in [6.07, 6.45) is 3.15. The van der Waals surface area contributed by atoms with Gasteiger partial charge in [-0.2, -0.15) is 0 Å². The number of carbonyl (C=O) groups is 1. The number of furan rings is 1. The molecule has 0 bridgehead atoms. The van der Waals surface area contributed by atoms with Gasteiger partial charge in [-0.25, -0.2) is 0 Å². The van der Waals surface area contributed by atoms with E-state index < -0.39 is 0 Å². The second-order valence-electron chi connectivity index (χ2n) is 5.69. The Morgan fingerprint density at radius 1 is 1.04 bits per heavy atom. The maximum atomic E-state index is 11.9. The van der Waals surface area contributed by atoms with Crippen LogP contribution in [0.1, 0.15) is 11.3 Å². The van der Waals surface area contributed by atoms with Gasteiger partial charge in [-0.05, 0) is 60.3 Å². The largest absolute Gasteiger partial charge is 0.459 e. The highest BCUT2D eigenvalue weighted by Gasteiger charge is 2.05. The predicted molar refractivity (Wildman–Crippen MR) is 110 cm³/mol. The zero-order valence-corrected chi connectivity index (χ0v) is 15.2. The topological polar surface area (TPSA) is 74.5 Å². The molecule has 5 nitrogen and oxygen atoms in total. The minimum Gasteiger partial charge on any atom is -0.459 e. The number of carbonyl (C=O) groups excluding carboxylic acids is 1. The highest BCUT2D eigenvalue weighted by Crippen LogP contribution is 2.23. The van der Waals surface area contributed by atoms with Gasteiger partial charge in [0.1, 0.15) is 18.1 Å². The normalized spacial score (nSPS) is 10.7. The van der Waals surface area contributed by atoms with Crippen molar-refractivity contribution in [3.63, 3.8) is 0 Å². The summed E-state index contributed by atoms with van der Waals surface area (Å²) in [5.74, 6) is 0.882. The number of aliphatic hydroxyl groups excluding tert-OH is 1. The first-order valence-electron chi connectivity index (χ1n) is 8.29. The summed E-state index contributed by atoms with van der Waals surface area (Å²) in [4.78, 5) is 11.9. The molecule has 0 radical (unpaired) electrons. The van der Waals surface area contributed by atoms with Gasteiger partial charge in [0, 0.05) is 17.3 Å². The van der Waals surface area contributed by atoms with E-state index in [1.807, 2.05) is 54.6 Å². The molecule has 0 saturated carbocycles. The lowest BCUT2D eigenvalue weighted by molar-refractivity contribution is -0.115. The van der Waals surface area contributed by atoms with Crippen molar-refractivity contribution in [3.8, 4) is 11.3 Å². The molecule has 1 amide bonds. The fourth-order valence-electron chi connectivity index (χ4n) is 2.39. The molecule has 6 heteroatoms. The second-order valence-corrected chi connectivity index (χ2v) is 6.10. The minimum atomic E-state index is -0.305. The lowest BCUT2D eigenvalue weighted by Gasteiger charge is -2.08. The first kappa shape index (κ1) is 18.6. The smallest absolute Gasteiger partial charge is 0.250 e. The summed E-state index contributed by atoms with van der Waals surface area (Å²) in [6.45, 7) is -0.133. The van der Waals surface area contributed by atoms with Crippen LogP contribution in [-0.4, -0.2) is 16.1 Å². The van der Waals surface area contributed by atoms with Crippen molar-refractivity contribution in [2.75, 3.05) is 5.32 Å². The third-order valence-corrected chi connectivity index (χ3v) is 3.91. The van der Waals surface area contributed by atoms with Gasteiger partial charge < -0.3 is 14.8 Å². The van der Waals surface area contributed by atoms with Crippen LogP contribution < -0.4 is 10.6 Å². The molecule has 27 heavy (non-hydrogen) atoms. The number of rotatable bonds is 5. The highest BCUT2D eigenvalue weighted by atomic mass is 32.1. The molecule has 0 atom stereocenters. The molecule has 0 spiro atoms.